The van der Waals surface area contributed by atoms with Crippen LogP contribution in [0, 0.1) is 0 Å². The van der Waals surface area contributed by atoms with Crippen LogP contribution in [0.1, 0.15) is 22.2 Å². The van der Waals surface area contributed by atoms with Gasteiger partial charge in [0.05, 0.1) is 17.1 Å². The van der Waals surface area contributed by atoms with Gasteiger partial charge in [0.1, 0.15) is 6.54 Å². The Hall–Kier alpha value is -2.62. The van der Waals surface area contributed by atoms with E-state index in [1.807, 2.05) is 0 Å². The molecule has 29 heavy (non-hydrogen) atoms. The van der Waals surface area contributed by atoms with Crippen LogP contribution in [-0.4, -0.2) is 46.2 Å². The smallest absolute Gasteiger partial charge is 0.335 e. The Morgan fingerprint density at radius 1 is 1.24 bits per heavy atom. The summed E-state index contributed by atoms with van der Waals surface area (Å²) in [5, 5.41) is 9.02. The number of aromatic carboxylic acids is 1. The lowest BCUT2D eigenvalue weighted by Crippen LogP contribution is -2.34. The molecule has 0 radical (unpaired) electrons. The van der Waals surface area contributed by atoms with Gasteiger partial charge in [-0.3, -0.25) is 19.3 Å². The molecule has 10 heteroatoms. The number of esters is 1. The van der Waals surface area contributed by atoms with E-state index in [0.717, 1.165) is 21.5 Å². The first-order valence-corrected chi connectivity index (χ1v) is 10.3. The maximum absolute atomic E-state index is 12.4. The fourth-order valence-electron chi connectivity index (χ4n) is 2.52. The van der Waals surface area contributed by atoms with Gasteiger partial charge in [0.15, 0.2) is 0 Å². The summed E-state index contributed by atoms with van der Waals surface area (Å²) in [4.78, 5) is 49.7. The number of rotatable bonds is 6. The van der Waals surface area contributed by atoms with Crippen LogP contribution in [0.3, 0.4) is 0 Å². The van der Waals surface area contributed by atoms with E-state index in [9.17, 15) is 19.2 Å². The van der Waals surface area contributed by atoms with Gasteiger partial charge in [0.2, 0.25) is 0 Å². The molecule has 1 aromatic carbocycles. The Balaban J connectivity index is 1.83. The van der Waals surface area contributed by atoms with Gasteiger partial charge in [-0.15, -0.1) is 11.3 Å². The summed E-state index contributed by atoms with van der Waals surface area (Å²) in [6.45, 7) is 1.37. The maximum Gasteiger partial charge on any atom is 0.335 e. The molecule has 0 spiro atoms. The molecule has 1 saturated heterocycles. The van der Waals surface area contributed by atoms with Crippen molar-refractivity contribution < 1.29 is 29.0 Å². The third-order valence-corrected chi connectivity index (χ3v) is 6.15. The van der Waals surface area contributed by atoms with Crippen LogP contribution < -0.4 is 0 Å². The van der Waals surface area contributed by atoms with Crippen molar-refractivity contribution in [2.24, 2.45) is 0 Å². The zero-order valence-electron chi connectivity index (χ0n) is 15.0. The number of carbonyl (C=O) groups is 4. The minimum absolute atomic E-state index is 0.111. The highest BCUT2D eigenvalue weighted by atomic mass is 35.5. The molecule has 2 aromatic rings. The normalized spacial score (nSPS) is 15.2. The average molecular weight is 452 g/mol. The van der Waals surface area contributed by atoms with Crippen LogP contribution in [-0.2, 0) is 14.3 Å². The number of carboxylic acid groups (broad SMARTS) is 1. The first kappa shape index (κ1) is 21.1. The SMILES string of the molecule is CCOC(=O)CN1C(=O)S/C(=C\c2ccc(-c3cc(C(=O)O)ccc3Cl)s2)C1=O. The minimum atomic E-state index is -1.06. The largest absolute Gasteiger partial charge is 0.478 e. The highest BCUT2D eigenvalue weighted by Crippen LogP contribution is 2.37. The molecule has 3 rings (SSSR count). The third kappa shape index (κ3) is 4.69. The molecule has 1 fully saturated rings. The zero-order chi connectivity index (χ0) is 21.1. The quantitative estimate of drug-likeness (QED) is 0.514. The Kier molecular flexibility index (Phi) is 6.41. The predicted octanol–water partition coefficient (Wildman–Crippen LogP) is 4.37. The highest BCUT2D eigenvalue weighted by Gasteiger charge is 2.36. The third-order valence-electron chi connectivity index (χ3n) is 3.85. The molecule has 2 amide bonds. The van der Waals surface area contributed by atoms with Gasteiger partial charge in [-0.1, -0.05) is 11.6 Å². The van der Waals surface area contributed by atoms with Gasteiger partial charge in [0.25, 0.3) is 11.1 Å². The van der Waals surface area contributed by atoms with Crippen molar-refractivity contribution in [2.75, 3.05) is 13.2 Å². The first-order valence-electron chi connectivity index (χ1n) is 8.34. The summed E-state index contributed by atoms with van der Waals surface area (Å²) < 4.78 is 4.78. The summed E-state index contributed by atoms with van der Waals surface area (Å²) >= 11 is 8.23. The average Bonchev–Trinajstić information content (AvgIpc) is 3.22. The number of hydrogen-bond donors (Lipinski definition) is 1. The summed E-state index contributed by atoms with van der Waals surface area (Å²) in [6.07, 6.45) is 1.55. The van der Waals surface area contributed by atoms with Crippen molar-refractivity contribution in [3.63, 3.8) is 0 Å². The monoisotopic (exact) mass is 451 g/mol. The van der Waals surface area contributed by atoms with Gasteiger partial charge < -0.3 is 9.84 Å². The first-order chi connectivity index (χ1) is 13.8. The molecule has 150 valence electrons. The number of benzene rings is 1. The van der Waals surface area contributed by atoms with Crippen molar-refractivity contribution >= 4 is 63.9 Å². The number of carbonyl (C=O) groups excluding carboxylic acids is 3. The fourth-order valence-corrected chi connectivity index (χ4v) is 4.68. The standard InChI is InChI=1S/C19H14ClNO6S2/c1-2-27-16(22)9-21-17(23)15(29-19(21)26)8-11-4-6-14(28-11)12-7-10(18(24)25)3-5-13(12)20/h3-8H,2,9H2,1H3,(H,24,25)/b15-8-. The lowest BCUT2D eigenvalue weighted by molar-refractivity contribution is -0.145. The second-order valence-electron chi connectivity index (χ2n) is 5.77. The molecule has 1 N–H and O–H groups in total. The number of thiophene rings is 1. The second-order valence-corrected chi connectivity index (χ2v) is 8.29. The Morgan fingerprint density at radius 3 is 2.69 bits per heavy atom. The Morgan fingerprint density at radius 2 is 2.00 bits per heavy atom. The number of carboxylic acids is 1. The van der Waals surface area contributed by atoms with Gasteiger partial charge in [-0.2, -0.15) is 0 Å². The van der Waals surface area contributed by atoms with Gasteiger partial charge in [-0.05, 0) is 55.1 Å². The molecule has 2 heterocycles. The Bertz CT molecular complexity index is 1050. The lowest BCUT2D eigenvalue weighted by atomic mass is 10.1. The molecular weight excluding hydrogens is 438 g/mol. The van der Waals surface area contributed by atoms with E-state index in [2.05, 4.69) is 0 Å². The summed E-state index contributed by atoms with van der Waals surface area (Å²) in [5.74, 6) is -2.27. The van der Waals surface area contributed by atoms with Gasteiger partial charge in [0, 0.05) is 20.3 Å². The number of ether oxygens (including phenoxy) is 1. The molecule has 1 aromatic heterocycles. The molecule has 0 saturated carbocycles. The summed E-state index contributed by atoms with van der Waals surface area (Å²) in [5.41, 5.74) is 0.672. The zero-order valence-corrected chi connectivity index (χ0v) is 17.4. The number of nitrogens with zero attached hydrogens (tertiary/aromatic N) is 1. The predicted molar refractivity (Wildman–Crippen MR) is 111 cm³/mol. The molecule has 0 atom stereocenters. The van der Waals surface area contributed by atoms with Crippen LogP contribution in [0.15, 0.2) is 35.2 Å². The Labute approximate surface area is 178 Å². The molecule has 0 bridgehead atoms. The second kappa shape index (κ2) is 8.81. The number of imide groups is 1. The molecule has 0 aliphatic carbocycles. The van der Waals surface area contributed by atoms with Crippen molar-refractivity contribution in [2.45, 2.75) is 6.92 Å². The number of halogens is 1. The van der Waals surface area contributed by atoms with E-state index in [1.54, 1.807) is 25.1 Å². The van der Waals surface area contributed by atoms with Crippen molar-refractivity contribution in [3.8, 4) is 10.4 Å². The number of hydrogen-bond acceptors (Lipinski definition) is 7. The molecule has 1 aliphatic rings. The van der Waals surface area contributed by atoms with Crippen molar-refractivity contribution in [1.82, 2.24) is 4.90 Å². The van der Waals surface area contributed by atoms with E-state index in [-0.39, 0.29) is 17.1 Å². The molecule has 7 nitrogen and oxygen atoms in total. The van der Waals surface area contributed by atoms with Gasteiger partial charge in [-0.25, -0.2) is 4.79 Å². The van der Waals surface area contributed by atoms with Crippen LogP contribution in [0.25, 0.3) is 16.5 Å². The minimum Gasteiger partial charge on any atom is -0.478 e. The van der Waals surface area contributed by atoms with Crippen molar-refractivity contribution in [1.29, 1.82) is 0 Å². The van der Waals surface area contributed by atoms with E-state index >= 15 is 0 Å². The topological polar surface area (TPSA) is 101 Å². The lowest BCUT2D eigenvalue weighted by Gasteiger charge is -2.10. The molecule has 1 aliphatic heterocycles. The van der Waals surface area contributed by atoms with E-state index in [4.69, 9.17) is 21.4 Å². The maximum atomic E-state index is 12.4. The summed E-state index contributed by atoms with van der Waals surface area (Å²) in [6, 6.07) is 7.91. The highest BCUT2D eigenvalue weighted by molar-refractivity contribution is 8.18. The van der Waals surface area contributed by atoms with Crippen LogP contribution in [0.5, 0.6) is 0 Å². The summed E-state index contributed by atoms with van der Waals surface area (Å²) in [7, 11) is 0. The molecular formula is C19H14ClNO6S2. The van der Waals surface area contributed by atoms with Crippen LogP contribution in [0.2, 0.25) is 5.02 Å². The fraction of sp³-hybridized carbons (Fsp3) is 0.158. The van der Waals surface area contributed by atoms with E-state index < -0.39 is 29.6 Å². The van der Waals surface area contributed by atoms with Crippen LogP contribution in [0.4, 0.5) is 4.79 Å². The molecule has 0 unspecified atom stereocenters. The van der Waals surface area contributed by atoms with Crippen molar-refractivity contribution in [3.05, 3.63) is 50.7 Å². The number of thioether (sulfide) groups is 1. The number of amides is 2. The van der Waals surface area contributed by atoms with E-state index in [1.165, 1.54) is 29.5 Å². The van der Waals surface area contributed by atoms with Crippen LogP contribution >= 0.6 is 34.7 Å². The van der Waals surface area contributed by atoms with E-state index in [0.29, 0.717) is 15.5 Å². The van der Waals surface area contributed by atoms with Gasteiger partial charge >= 0.3 is 11.9 Å².